The zero-order valence-corrected chi connectivity index (χ0v) is 8.43. The van der Waals surface area contributed by atoms with Crippen molar-refractivity contribution in [1.29, 1.82) is 0 Å². The Hall–Kier alpha value is -0.960. The zero-order valence-electron chi connectivity index (χ0n) is 6.84. The van der Waals surface area contributed by atoms with E-state index in [0.717, 1.165) is 16.3 Å². The molecule has 1 aromatic rings. The van der Waals surface area contributed by atoms with Crippen molar-refractivity contribution in [3.8, 4) is 0 Å². The predicted octanol–water partition coefficient (Wildman–Crippen LogP) is 2.39. The SMILES string of the molecule is O=Cc1ccc(Br)c2c1CCC2=O. The van der Waals surface area contributed by atoms with Gasteiger partial charge in [0, 0.05) is 22.0 Å². The number of carbonyl (C=O) groups excluding carboxylic acids is 2. The number of benzene rings is 1. The third-order valence-corrected chi connectivity index (χ3v) is 2.97. The van der Waals surface area contributed by atoms with Gasteiger partial charge < -0.3 is 0 Å². The van der Waals surface area contributed by atoms with Gasteiger partial charge in [-0.1, -0.05) is 22.0 Å². The van der Waals surface area contributed by atoms with Gasteiger partial charge in [0.15, 0.2) is 5.78 Å². The van der Waals surface area contributed by atoms with Gasteiger partial charge in [0.2, 0.25) is 0 Å². The summed E-state index contributed by atoms with van der Waals surface area (Å²) in [5.74, 6) is 0.130. The number of hydrogen-bond acceptors (Lipinski definition) is 2. The molecule has 3 heteroatoms. The van der Waals surface area contributed by atoms with Crippen LogP contribution in [0.25, 0.3) is 0 Å². The normalized spacial score (nSPS) is 14.4. The van der Waals surface area contributed by atoms with Gasteiger partial charge in [-0.05, 0) is 18.1 Å². The van der Waals surface area contributed by atoms with Crippen LogP contribution in [0.15, 0.2) is 16.6 Å². The van der Waals surface area contributed by atoms with Crippen molar-refractivity contribution >= 4 is 28.0 Å². The molecule has 2 nitrogen and oxygen atoms in total. The van der Waals surface area contributed by atoms with E-state index >= 15 is 0 Å². The fourth-order valence-electron chi connectivity index (χ4n) is 1.68. The van der Waals surface area contributed by atoms with Crippen LogP contribution in [0.2, 0.25) is 0 Å². The van der Waals surface area contributed by atoms with Gasteiger partial charge in [0.1, 0.15) is 6.29 Å². The topological polar surface area (TPSA) is 34.1 Å². The van der Waals surface area contributed by atoms with E-state index < -0.39 is 0 Å². The molecule has 0 N–H and O–H groups in total. The lowest BCUT2D eigenvalue weighted by Gasteiger charge is -2.02. The molecular formula is C10H7BrO2. The second-order valence-electron chi connectivity index (χ2n) is 3.03. The largest absolute Gasteiger partial charge is 0.298 e. The summed E-state index contributed by atoms with van der Waals surface area (Å²) in [6.07, 6.45) is 2.03. The molecule has 0 fully saturated rings. The van der Waals surface area contributed by atoms with Crippen LogP contribution in [0.1, 0.15) is 32.7 Å². The van der Waals surface area contributed by atoms with Crippen molar-refractivity contribution in [2.24, 2.45) is 0 Å². The zero-order chi connectivity index (χ0) is 9.42. The van der Waals surface area contributed by atoms with Gasteiger partial charge in [-0.15, -0.1) is 0 Å². The average molecular weight is 239 g/mol. The molecule has 0 heterocycles. The number of ketones is 1. The van der Waals surface area contributed by atoms with Crippen molar-refractivity contribution in [2.75, 3.05) is 0 Å². The number of halogens is 1. The van der Waals surface area contributed by atoms with Crippen molar-refractivity contribution in [3.63, 3.8) is 0 Å². The Morgan fingerprint density at radius 2 is 2.08 bits per heavy atom. The Kier molecular flexibility index (Phi) is 2.04. The second kappa shape index (κ2) is 3.07. The summed E-state index contributed by atoms with van der Waals surface area (Å²) in [5.41, 5.74) is 2.24. The second-order valence-corrected chi connectivity index (χ2v) is 3.89. The summed E-state index contributed by atoms with van der Waals surface area (Å²) < 4.78 is 0.801. The Morgan fingerprint density at radius 3 is 2.77 bits per heavy atom. The molecular weight excluding hydrogens is 232 g/mol. The molecule has 0 unspecified atom stereocenters. The maximum atomic E-state index is 11.4. The van der Waals surface area contributed by atoms with E-state index in [4.69, 9.17) is 0 Å². The van der Waals surface area contributed by atoms with E-state index in [9.17, 15) is 9.59 Å². The van der Waals surface area contributed by atoms with Crippen molar-refractivity contribution < 1.29 is 9.59 Å². The van der Waals surface area contributed by atoms with Crippen LogP contribution in [-0.2, 0) is 6.42 Å². The Balaban J connectivity index is 2.72. The van der Waals surface area contributed by atoms with E-state index in [2.05, 4.69) is 15.9 Å². The van der Waals surface area contributed by atoms with Crippen LogP contribution in [-0.4, -0.2) is 12.1 Å². The molecule has 66 valence electrons. The summed E-state index contributed by atoms with van der Waals surface area (Å²) in [7, 11) is 0. The molecule has 1 aromatic carbocycles. The quantitative estimate of drug-likeness (QED) is 0.705. The molecule has 0 spiro atoms. The molecule has 0 bridgehead atoms. The van der Waals surface area contributed by atoms with Gasteiger partial charge in [-0.2, -0.15) is 0 Å². The lowest BCUT2D eigenvalue weighted by Crippen LogP contribution is -1.95. The Morgan fingerprint density at radius 1 is 1.31 bits per heavy atom. The van der Waals surface area contributed by atoms with E-state index in [0.29, 0.717) is 24.0 Å². The van der Waals surface area contributed by atoms with Crippen LogP contribution in [0.3, 0.4) is 0 Å². The number of hydrogen-bond donors (Lipinski definition) is 0. The predicted molar refractivity (Wildman–Crippen MR) is 52.2 cm³/mol. The van der Waals surface area contributed by atoms with Crippen molar-refractivity contribution in [2.45, 2.75) is 12.8 Å². The fourth-order valence-corrected chi connectivity index (χ4v) is 2.27. The lowest BCUT2D eigenvalue weighted by molar-refractivity contribution is 0.0993. The van der Waals surface area contributed by atoms with Gasteiger partial charge >= 0.3 is 0 Å². The van der Waals surface area contributed by atoms with Crippen LogP contribution in [0.4, 0.5) is 0 Å². The summed E-state index contributed by atoms with van der Waals surface area (Å²) >= 11 is 3.31. The highest BCUT2D eigenvalue weighted by Gasteiger charge is 2.24. The minimum atomic E-state index is 0.130. The van der Waals surface area contributed by atoms with E-state index in [1.165, 1.54) is 0 Å². The molecule has 13 heavy (non-hydrogen) atoms. The average Bonchev–Trinajstić information content (AvgIpc) is 2.50. The first-order valence-corrected chi connectivity index (χ1v) is 4.83. The van der Waals surface area contributed by atoms with Crippen LogP contribution in [0.5, 0.6) is 0 Å². The molecule has 0 saturated carbocycles. The highest BCUT2D eigenvalue weighted by molar-refractivity contribution is 9.10. The summed E-state index contributed by atoms with van der Waals surface area (Å²) in [6, 6.07) is 3.50. The summed E-state index contributed by atoms with van der Waals surface area (Å²) in [5, 5.41) is 0. The standard InChI is InChI=1S/C10H7BrO2/c11-8-3-1-6(5-12)7-2-4-9(13)10(7)8/h1,3,5H,2,4H2. The fraction of sp³-hybridized carbons (Fsp3) is 0.200. The molecule has 0 radical (unpaired) electrons. The Bertz CT molecular complexity index is 396. The van der Waals surface area contributed by atoms with Crippen molar-refractivity contribution in [3.05, 3.63) is 33.3 Å². The smallest absolute Gasteiger partial charge is 0.164 e. The van der Waals surface area contributed by atoms with Crippen LogP contribution < -0.4 is 0 Å². The molecule has 2 rings (SSSR count). The van der Waals surface area contributed by atoms with Crippen LogP contribution >= 0.6 is 15.9 Å². The number of fused-ring (bicyclic) bond motifs is 1. The molecule has 0 aromatic heterocycles. The van der Waals surface area contributed by atoms with Crippen LogP contribution in [0, 0.1) is 0 Å². The van der Waals surface area contributed by atoms with E-state index in [1.54, 1.807) is 12.1 Å². The Labute approximate surface area is 84.1 Å². The van der Waals surface area contributed by atoms with Gasteiger partial charge in [-0.25, -0.2) is 0 Å². The third kappa shape index (κ3) is 1.23. The van der Waals surface area contributed by atoms with Gasteiger partial charge in [-0.3, -0.25) is 9.59 Å². The number of aldehydes is 1. The van der Waals surface area contributed by atoms with Crippen molar-refractivity contribution in [1.82, 2.24) is 0 Å². The van der Waals surface area contributed by atoms with Gasteiger partial charge in [0.25, 0.3) is 0 Å². The lowest BCUT2D eigenvalue weighted by atomic mass is 10.0. The molecule has 1 aliphatic carbocycles. The highest BCUT2D eigenvalue weighted by Crippen LogP contribution is 2.30. The number of carbonyl (C=O) groups is 2. The van der Waals surface area contributed by atoms with Gasteiger partial charge in [0.05, 0.1) is 0 Å². The first-order chi connectivity index (χ1) is 6.24. The maximum absolute atomic E-state index is 11.4. The van der Waals surface area contributed by atoms with E-state index in [-0.39, 0.29) is 5.78 Å². The first kappa shape index (κ1) is 8.63. The summed E-state index contributed by atoms with van der Waals surface area (Å²) in [4.78, 5) is 22.1. The third-order valence-electron chi connectivity index (χ3n) is 2.31. The number of rotatable bonds is 1. The molecule has 0 amide bonds. The molecule has 0 saturated heterocycles. The summed E-state index contributed by atoms with van der Waals surface area (Å²) in [6.45, 7) is 0. The molecule has 1 aliphatic rings. The molecule has 0 aliphatic heterocycles. The number of Topliss-reactive ketones (excluding diaryl/α,β-unsaturated/α-hetero) is 1. The minimum absolute atomic E-state index is 0.130. The monoisotopic (exact) mass is 238 g/mol. The maximum Gasteiger partial charge on any atom is 0.164 e. The molecule has 0 atom stereocenters. The van der Waals surface area contributed by atoms with E-state index in [1.807, 2.05) is 0 Å². The first-order valence-electron chi connectivity index (χ1n) is 4.04. The minimum Gasteiger partial charge on any atom is -0.298 e. The highest BCUT2D eigenvalue weighted by atomic mass is 79.9.